The van der Waals surface area contributed by atoms with E-state index >= 15 is 0 Å². The number of piperidine rings is 1. The normalized spacial score (nSPS) is 22.7. The summed E-state index contributed by atoms with van der Waals surface area (Å²) in [5.41, 5.74) is 0.0347. The van der Waals surface area contributed by atoms with Crippen molar-refractivity contribution in [2.75, 3.05) is 13.1 Å². The first kappa shape index (κ1) is 13.1. The molecule has 2 rings (SSSR count). The van der Waals surface area contributed by atoms with E-state index in [2.05, 4.69) is 34.4 Å². The Hall–Kier alpha value is -1.36. The number of aromatic nitrogens is 2. The Balaban J connectivity index is 1.80. The summed E-state index contributed by atoms with van der Waals surface area (Å²) in [5, 5.41) is 6.30. The van der Waals surface area contributed by atoms with E-state index in [1.807, 2.05) is 0 Å². The quantitative estimate of drug-likeness (QED) is 0.742. The van der Waals surface area contributed by atoms with Crippen LogP contribution in [0.2, 0.25) is 0 Å². The monoisotopic (exact) mass is 250 g/mol. The first-order chi connectivity index (χ1) is 8.59. The molecule has 2 heterocycles. The molecule has 18 heavy (non-hydrogen) atoms. The summed E-state index contributed by atoms with van der Waals surface area (Å²) in [6.07, 6.45) is 6.50. The average Bonchev–Trinajstić information content (AvgIpc) is 2.81. The van der Waals surface area contributed by atoms with Gasteiger partial charge in [-0.3, -0.25) is 4.79 Å². The van der Waals surface area contributed by atoms with Gasteiger partial charge in [-0.25, -0.2) is 4.98 Å². The standard InChI is InChI=1S/C13H22N4O/c1-13(2)5-3-6-16-11(13)12(18)17-7-4-10-14-8-9-15-10/h8-9,11,16H,3-7H2,1-2H3,(H,14,15)(H,17,18). The van der Waals surface area contributed by atoms with Crippen LogP contribution in [-0.2, 0) is 11.2 Å². The Labute approximate surface area is 108 Å². The van der Waals surface area contributed by atoms with Crippen LogP contribution in [0, 0.1) is 5.41 Å². The van der Waals surface area contributed by atoms with Gasteiger partial charge < -0.3 is 15.6 Å². The fourth-order valence-electron chi connectivity index (χ4n) is 2.50. The second kappa shape index (κ2) is 5.52. The molecule has 1 fully saturated rings. The lowest BCUT2D eigenvalue weighted by molar-refractivity contribution is -0.126. The molecular weight excluding hydrogens is 228 g/mol. The maximum atomic E-state index is 12.1. The molecule has 5 nitrogen and oxygen atoms in total. The summed E-state index contributed by atoms with van der Waals surface area (Å²) < 4.78 is 0. The Kier molecular flexibility index (Phi) is 4.01. The van der Waals surface area contributed by atoms with Crippen molar-refractivity contribution in [2.24, 2.45) is 5.41 Å². The molecule has 0 spiro atoms. The lowest BCUT2D eigenvalue weighted by Gasteiger charge is -2.38. The predicted molar refractivity (Wildman–Crippen MR) is 70.1 cm³/mol. The average molecular weight is 250 g/mol. The number of imidazole rings is 1. The molecule has 1 amide bonds. The van der Waals surface area contributed by atoms with Crippen molar-refractivity contribution in [2.45, 2.75) is 39.2 Å². The first-order valence-electron chi connectivity index (χ1n) is 6.59. The lowest BCUT2D eigenvalue weighted by atomic mass is 9.77. The van der Waals surface area contributed by atoms with Gasteiger partial charge in [-0.2, -0.15) is 0 Å². The number of hydrogen-bond donors (Lipinski definition) is 3. The fraction of sp³-hybridized carbons (Fsp3) is 0.692. The molecule has 1 aromatic heterocycles. The molecule has 0 bridgehead atoms. The van der Waals surface area contributed by atoms with Gasteiger partial charge in [0.1, 0.15) is 5.82 Å². The van der Waals surface area contributed by atoms with Crippen molar-refractivity contribution in [3.8, 4) is 0 Å². The molecule has 0 aliphatic carbocycles. The van der Waals surface area contributed by atoms with E-state index in [-0.39, 0.29) is 17.4 Å². The van der Waals surface area contributed by atoms with Gasteiger partial charge in [0.05, 0.1) is 6.04 Å². The maximum Gasteiger partial charge on any atom is 0.237 e. The number of nitrogens with one attached hydrogen (secondary N) is 3. The number of carbonyl (C=O) groups is 1. The predicted octanol–water partition coefficient (Wildman–Crippen LogP) is 0.847. The van der Waals surface area contributed by atoms with E-state index in [1.54, 1.807) is 12.4 Å². The van der Waals surface area contributed by atoms with Crippen LogP contribution in [0.5, 0.6) is 0 Å². The molecule has 0 radical (unpaired) electrons. The Morgan fingerprint density at radius 3 is 3.11 bits per heavy atom. The zero-order valence-corrected chi connectivity index (χ0v) is 11.1. The number of hydrogen-bond acceptors (Lipinski definition) is 3. The van der Waals surface area contributed by atoms with Crippen LogP contribution in [0.1, 0.15) is 32.5 Å². The van der Waals surface area contributed by atoms with Crippen molar-refractivity contribution in [3.05, 3.63) is 18.2 Å². The van der Waals surface area contributed by atoms with E-state index in [1.165, 1.54) is 0 Å². The van der Waals surface area contributed by atoms with E-state index in [4.69, 9.17) is 0 Å². The van der Waals surface area contributed by atoms with Gasteiger partial charge in [-0.1, -0.05) is 13.8 Å². The van der Waals surface area contributed by atoms with Crippen molar-refractivity contribution >= 4 is 5.91 Å². The van der Waals surface area contributed by atoms with Gasteiger partial charge in [0.2, 0.25) is 5.91 Å². The lowest BCUT2D eigenvalue weighted by Crippen LogP contribution is -2.55. The van der Waals surface area contributed by atoms with Crippen LogP contribution in [0.25, 0.3) is 0 Å². The van der Waals surface area contributed by atoms with Gasteiger partial charge in [0, 0.05) is 25.4 Å². The second-order valence-corrected chi connectivity index (χ2v) is 5.56. The maximum absolute atomic E-state index is 12.1. The Bertz CT molecular complexity index is 386. The minimum absolute atomic E-state index is 0.0347. The molecule has 5 heteroatoms. The van der Waals surface area contributed by atoms with Crippen molar-refractivity contribution in [1.82, 2.24) is 20.6 Å². The second-order valence-electron chi connectivity index (χ2n) is 5.56. The third kappa shape index (κ3) is 3.10. The van der Waals surface area contributed by atoms with E-state index < -0.39 is 0 Å². The van der Waals surface area contributed by atoms with Crippen molar-refractivity contribution in [3.63, 3.8) is 0 Å². The zero-order valence-electron chi connectivity index (χ0n) is 11.1. The summed E-state index contributed by atoms with van der Waals surface area (Å²) in [6.45, 7) is 5.85. The van der Waals surface area contributed by atoms with Crippen LogP contribution in [0.3, 0.4) is 0 Å². The number of rotatable bonds is 4. The minimum atomic E-state index is -0.0807. The molecule has 1 saturated heterocycles. The molecule has 0 aromatic carbocycles. The van der Waals surface area contributed by atoms with E-state index in [0.717, 1.165) is 31.6 Å². The Morgan fingerprint density at radius 2 is 2.44 bits per heavy atom. The molecule has 0 saturated carbocycles. The summed E-state index contributed by atoms with van der Waals surface area (Å²) in [5.74, 6) is 1.01. The minimum Gasteiger partial charge on any atom is -0.354 e. The van der Waals surface area contributed by atoms with Crippen LogP contribution < -0.4 is 10.6 Å². The van der Waals surface area contributed by atoms with Gasteiger partial charge in [-0.15, -0.1) is 0 Å². The third-order valence-corrected chi connectivity index (χ3v) is 3.61. The van der Waals surface area contributed by atoms with E-state index in [9.17, 15) is 4.79 Å². The number of nitrogens with zero attached hydrogens (tertiary/aromatic N) is 1. The molecule has 1 aliphatic heterocycles. The van der Waals surface area contributed by atoms with E-state index in [0.29, 0.717) is 6.54 Å². The number of carbonyl (C=O) groups excluding carboxylic acids is 1. The third-order valence-electron chi connectivity index (χ3n) is 3.61. The van der Waals surface area contributed by atoms with Gasteiger partial charge >= 0.3 is 0 Å². The van der Waals surface area contributed by atoms with Gasteiger partial charge in [-0.05, 0) is 24.8 Å². The highest BCUT2D eigenvalue weighted by molar-refractivity contribution is 5.82. The molecule has 100 valence electrons. The smallest absolute Gasteiger partial charge is 0.237 e. The highest BCUT2D eigenvalue weighted by Gasteiger charge is 2.36. The number of amides is 1. The topological polar surface area (TPSA) is 69.8 Å². The van der Waals surface area contributed by atoms with Crippen LogP contribution in [-0.4, -0.2) is 35.0 Å². The van der Waals surface area contributed by atoms with Crippen molar-refractivity contribution in [1.29, 1.82) is 0 Å². The molecular formula is C13H22N4O. The highest BCUT2D eigenvalue weighted by Crippen LogP contribution is 2.29. The number of H-pyrrole nitrogens is 1. The molecule has 1 aliphatic rings. The fourth-order valence-corrected chi connectivity index (χ4v) is 2.50. The molecule has 3 N–H and O–H groups in total. The largest absolute Gasteiger partial charge is 0.354 e. The number of aromatic amines is 1. The van der Waals surface area contributed by atoms with Gasteiger partial charge in [0.15, 0.2) is 0 Å². The summed E-state index contributed by atoms with van der Waals surface area (Å²) >= 11 is 0. The summed E-state index contributed by atoms with van der Waals surface area (Å²) in [6, 6.07) is -0.0807. The zero-order chi connectivity index (χ0) is 13.0. The van der Waals surface area contributed by atoms with Gasteiger partial charge in [0.25, 0.3) is 0 Å². The van der Waals surface area contributed by atoms with Crippen LogP contribution in [0.15, 0.2) is 12.4 Å². The summed E-state index contributed by atoms with van der Waals surface area (Å²) in [7, 11) is 0. The molecule has 1 aromatic rings. The SMILES string of the molecule is CC1(C)CCCNC1C(=O)NCCc1ncc[nH]1. The van der Waals surface area contributed by atoms with Crippen LogP contribution >= 0.6 is 0 Å². The summed E-state index contributed by atoms with van der Waals surface area (Å²) in [4.78, 5) is 19.3. The molecule has 1 unspecified atom stereocenters. The first-order valence-corrected chi connectivity index (χ1v) is 6.59. The van der Waals surface area contributed by atoms with Crippen LogP contribution in [0.4, 0.5) is 0 Å². The molecule has 1 atom stereocenters. The van der Waals surface area contributed by atoms with Crippen molar-refractivity contribution < 1.29 is 4.79 Å². The highest BCUT2D eigenvalue weighted by atomic mass is 16.2. The Morgan fingerprint density at radius 1 is 1.61 bits per heavy atom.